The van der Waals surface area contributed by atoms with E-state index in [1.54, 1.807) is 33.3 Å². The van der Waals surface area contributed by atoms with Crippen molar-refractivity contribution in [2.24, 2.45) is 0 Å². The van der Waals surface area contributed by atoms with Crippen molar-refractivity contribution in [2.75, 3.05) is 43.5 Å². The lowest BCUT2D eigenvalue weighted by atomic mass is 10.0. The zero-order chi connectivity index (χ0) is 26.9. The third-order valence-corrected chi connectivity index (χ3v) is 9.15. The molecule has 2 aromatic carbocycles. The molecule has 0 N–H and O–H groups in total. The molecule has 7 nitrogen and oxygen atoms in total. The summed E-state index contributed by atoms with van der Waals surface area (Å²) < 4.78 is 21.2. The standard InChI is InChI=1S/C29H27FN4O3S2/c1-19-5-2-3-6-22(19)34-29-26(27(31-34)23-7-4-16-38-23)28(20-8-10-21(30)11-9-20)39-18-25(36)33(29)17-24(35)32-12-14-37-15-13-32/h2-11,16,28H,12-15,17-18H2,1H3/t28-/m0/s1. The summed E-state index contributed by atoms with van der Waals surface area (Å²) in [5, 5.41) is 6.81. The normalized spacial score (nSPS) is 17.7. The fourth-order valence-electron chi connectivity index (χ4n) is 5.03. The van der Waals surface area contributed by atoms with Gasteiger partial charge in [-0.25, -0.2) is 9.07 Å². The zero-order valence-corrected chi connectivity index (χ0v) is 23.0. The molecular weight excluding hydrogens is 535 g/mol. The first kappa shape index (κ1) is 25.8. The molecule has 1 fully saturated rings. The highest BCUT2D eigenvalue weighted by atomic mass is 32.2. The molecule has 1 saturated heterocycles. The Hall–Kier alpha value is -3.47. The Kier molecular flexibility index (Phi) is 7.24. The van der Waals surface area contributed by atoms with Crippen LogP contribution in [0.1, 0.15) is 21.9 Å². The number of thioether (sulfide) groups is 1. The number of ether oxygens (including phenoxy) is 1. The maximum atomic E-state index is 13.9. The number of hydrogen-bond donors (Lipinski definition) is 0. The van der Waals surface area contributed by atoms with Crippen molar-refractivity contribution in [2.45, 2.75) is 12.2 Å². The van der Waals surface area contributed by atoms with E-state index in [0.717, 1.165) is 32.9 Å². The number of aromatic nitrogens is 2. The first-order valence-corrected chi connectivity index (χ1v) is 14.7. The van der Waals surface area contributed by atoms with Gasteiger partial charge in [-0.2, -0.15) is 5.10 Å². The van der Waals surface area contributed by atoms with E-state index >= 15 is 0 Å². The van der Waals surface area contributed by atoms with Crippen LogP contribution in [-0.2, 0) is 14.3 Å². The monoisotopic (exact) mass is 562 g/mol. The van der Waals surface area contributed by atoms with Gasteiger partial charge in [-0.3, -0.25) is 14.5 Å². The lowest BCUT2D eigenvalue weighted by Gasteiger charge is -2.30. The zero-order valence-electron chi connectivity index (χ0n) is 21.4. The number of carbonyl (C=O) groups is 2. The summed E-state index contributed by atoms with van der Waals surface area (Å²) in [6, 6.07) is 18.3. The molecular formula is C29H27FN4O3S2. The topological polar surface area (TPSA) is 67.7 Å². The summed E-state index contributed by atoms with van der Waals surface area (Å²) in [6.45, 7) is 3.87. The van der Waals surface area contributed by atoms with E-state index in [4.69, 9.17) is 9.84 Å². The summed E-state index contributed by atoms with van der Waals surface area (Å²) in [5.41, 5.74) is 4.29. The number of morpholine rings is 1. The van der Waals surface area contributed by atoms with Gasteiger partial charge in [0.1, 0.15) is 23.9 Å². The second kappa shape index (κ2) is 11.0. The first-order chi connectivity index (χ1) is 19.0. The molecule has 10 heteroatoms. The van der Waals surface area contributed by atoms with Crippen LogP contribution in [0.4, 0.5) is 10.2 Å². The van der Waals surface area contributed by atoms with E-state index in [-0.39, 0.29) is 35.2 Å². The van der Waals surface area contributed by atoms with Gasteiger partial charge in [0, 0.05) is 18.7 Å². The number of aryl methyl sites for hydroxylation is 1. The molecule has 0 radical (unpaired) electrons. The molecule has 0 saturated carbocycles. The lowest BCUT2D eigenvalue weighted by Crippen LogP contribution is -2.48. The average Bonchev–Trinajstić information content (AvgIpc) is 3.59. The van der Waals surface area contributed by atoms with Crippen molar-refractivity contribution in [1.29, 1.82) is 0 Å². The number of para-hydroxylation sites is 1. The molecule has 2 aliphatic heterocycles. The summed E-state index contributed by atoms with van der Waals surface area (Å²) in [7, 11) is 0. The Bertz CT molecular complexity index is 1500. The number of hydrogen-bond acceptors (Lipinski definition) is 6. The van der Waals surface area contributed by atoms with Gasteiger partial charge in [-0.15, -0.1) is 23.1 Å². The van der Waals surface area contributed by atoms with Crippen LogP contribution in [0.5, 0.6) is 0 Å². The van der Waals surface area contributed by atoms with Crippen molar-refractivity contribution < 1.29 is 18.7 Å². The molecule has 6 rings (SSSR count). The van der Waals surface area contributed by atoms with Crippen LogP contribution in [0.3, 0.4) is 0 Å². The molecule has 2 aliphatic rings. The molecule has 0 spiro atoms. The molecule has 0 bridgehead atoms. The summed E-state index contributed by atoms with van der Waals surface area (Å²) in [5.74, 6) is 0.141. The smallest absolute Gasteiger partial charge is 0.242 e. The SMILES string of the molecule is Cc1ccccc1-n1nc(-c2cccs2)c2c1N(CC(=O)N1CCOCC1)C(=O)CS[C@H]2c1ccc(F)cc1. The van der Waals surface area contributed by atoms with Crippen molar-refractivity contribution in [3.63, 3.8) is 0 Å². The van der Waals surface area contributed by atoms with Crippen molar-refractivity contribution in [3.8, 4) is 16.3 Å². The van der Waals surface area contributed by atoms with Gasteiger partial charge in [0.05, 0.1) is 34.8 Å². The van der Waals surface area contributed by atoms with Crippen LogP contribution >= 0.6 is 23.1 Å². The molecule has 2 amide bonds. The molecule has 2 aromatic heterocycles. The van der Waals surface area contributed by atoms with Crippen LogP contribution in [0.2, 0.25) is 0 Å². The number of carbonyl (C=O) groups excluding carboxylic acids is 2. The second-order valence-corrected chi connectivity index (χ2v) is 11.5. The van der Waals surface area contributed by atoms with Gasteiger partial charge in [-0.05, 0) is 47.7 Å². The van der Waals surface area contributed by atoms with Gasteiger partial charge in [0.2, 0.25) is 11.8 Å². The predicted octanol–water partition coefficient (Wildman–Crippen LogP) is 5.08. The Morgan fingerprint density at radius 3 is 2.56 bits per heavy atom. The van der Waals surface area contributed by atoms with Gasteiger partial charge in [0.15, 0.2) is 0 Å². The highest BCUT2D eigenvalue weighted by Crippen LogP contribution is 2.49. The minimum Gasteiger partial charge on any atom is -0.378 e. The fraction of sp³-hybridized carbons (Fsp3) is 0.276. The van der Waals surface area contributed by atoms with Crippen LogP contribution in [-0.4, -0.2) is 65.1 Å². The van der Waals surface area contributed by atoms with Crippen molar-refractivity contribution >= 4 is 40.7 Å². The lowest BCUT2D eigenvalue weighted by molar-refractivity contribution is -0.134. The first-order valence-electron chi connectivity index (χ1n) is 12.8. The van der Waals surface area contributed by atoms with Crippen LogP contribution in [0.15, 0.2) is 66.0 Å². The third-order valence-electron chi connectivity index (χ3n) is 7.02. The summed E-state index contributed by atoms with van der Waals surface area (Å²) in [6.07, 6.45) is 0. The minimum atomic E-state index is -0.319. The average molecular weight is 563 g/mol. The molecule has 1 atom stereocenters. The van der Waals surface area contributed by atoms with E-state index in [2.05, 4.69) is 0 Å². The highest BCUT2D eigenvalue weighted by molar-refractivity contribution is 8.00. The van der Waals surface area contributed by atoms with E-state index in [0.29, 0.717) is 32.1 Å². The fourth-order valence-corrected chi connectivity index (χ4v) is 6.95. The van der Waals surface area contributed by atoms with Gasteiger partial charge in [0.25, 0.3) is 0 Å². The van der Waals surface area contributed by atoms with Gasteiger partial charge in [-0.1, -0.05) is 36.4 Å². The van der Waals surface area contributed by atoms with Gasteiger partial charge < -0.3 is 9.64 Å². The molecule has 4 heterocycles. The second-order valence-electron chi connectivity index (χ2n) is 9.48. The van der Waals surface area contributed by atoms with Crippen molar-refractivity contribution in [3.05, 3.63) is 88.6 Å². The van der Waals surface area contributed by atoms with E-state index < -0.39 is 0 Å². The van der Waals surface area contributed by atoms with Crippen molar-refractivity contribution in [1.82, 2.24) is 14.7 Å². The maximum absolute atomic E-state index is 13.9. The number of thiophene rings is 1. The van der Waals surface area contributed by atoms with E-state index in [1.165, 1.54) is 23.9 Å². The Labute approximate surface area is 234 Å². The minimum absolute atomic E-state index is 0.0933. The third kappa shape index (κ3) is 4.99. The highest BCUT2D eigenvalue weighted by Gasteiger charge is 2.38. The Morgan fingerprint density at radius 1 is 1.08 bits per heavy atom. The van der Waals surface area contributed by atoms with Crippen LogP contribution < -0.4 is 4.90 Å². The Morgan fingerprint density at radius 2 is 1.85 bits per heavy atom. The number of amides is 2. The summed E-state index contributed by atoms with van der Waals surface area (Å²) in [4.78, 5) is 31.6. The Balaban J connectivity index is 1.58. The van der Waals surface area contributed by atoms with Gasteiger partial charge >= 0.3 is 0 Å². The van der Waals surface area contributed by atoms with E-state index in [9.17, 15) is 14.0 Å². The number of anilines is 1. The van der Waals surface area contributed by atoms with Crippen LogP contribution in [0, 0.1) is 12.7 Å². The maximum Gasteiger partial charge on any atom is 0.242 e. The molecule has 39 heavy (non-hydrogen) atoms. The number of benzene rings is 2. The largest absolute Gasteiger partial charge is 0.378 e. The van der Waals surface area contributed by atoms with E-state index in [1.807, 2.05) is 53.4 Å². The molecule has 0 unspecified atom stereocenters. The molecule has 0 aliphatic carbocycles. The molecule has 200 valence electrons. The summed E-state index contributed by atoms with van der Waals surface area (Å²) >= 11 is 3.05. The molecule has 4 aromatic rings. The number of rotatable bonds is 5. The number of fused-ring (bicyclic) bond motifs is 1. The quantitative estimate of drug-likeness (QED) is 0.340. The van der Waals surface area contributed by atoms with Crippen LogP contribution in [0.25, 0.3) is 16.3 Å². The predicted molar refractivity (Wildman–Crippen MR) is 152 cm³/mol. The number of nitrogens with zero attached hydrogens (tertiary/aromatic N) is 4. The number of halogens is 1.